The van der Waals surface area contributed by atoms with E-state index in [4.69, 9.17) is 15.7 Å². The number of carbonyl (C=O) groups is 2. The minimum absolute atomic E-state index is 0.0251. The summed E-state index contributed by atoms with van der Waals surface area (Å²) in [6, 6.07) is 6.68. The first-order chi connectivity index (χ1) is 18.5. The number of carbonyl (C=O) groups excluding carboxylic acids is 1. The van der Waals surface area contributed by atoms with Gasteiger partial charge in [-0.05, 0) is 41.7 Å². The van der Waals surface area contributed by atoms with E-state index < -0.39 is 24.4 Å². The normalized spacial score (nSPS) is 23.6. The van der Waals surface area contributed by atoms with E-state index in [2.05, 4.69) is 15.2 Å². The lowest BCUT2D eigenvalue weighted by Gasteiger charge is -2.24. The average Bonchev–Trinajstić information content (AvgIpc) is 3.13. The number of benzene rings is 1. The first-order valence-electron chi connectivity index (χ1n) is 13.1. The monoisotopic (exact) mass is 507 g/mol. The van der Waals surface area contributed by atoms with Crippen LogP contribution in [-0.2, 0) is 30.0 Å². The molecule has 36 heavy (non-hydrogen) atoms. The zero-order valence-electron chi connectivity index (χ0n) is 22.4. The summed E-state index contributed by atoms with van der Waals surface area (Å²) >= 11 is 6.73. The highest BCUT2D eigenvalue weighted by atomic mass is 35.5. The molecule has 9 nitrogen and oxygen atoms in total. The van der Waals surface area contributed by atoms with E-state index in [0.717, 1.165) is 26.8 Å². The van der Waals surface area contributed by atoms with E-state index in [1.165, 1.54) is 17.3 Å². The van der Waals surface area contributed by atoms with Gasteiger partial charge in [0.1, 0.15) is 6.04 Å². The van der Waals surface area contributed by atoms with Crippen molar-refractivity contribution < 1.29 is 18.8 Å². The topological polar surface area (TPSA) is 106 Å². The molecule has 3 aromatic heterocycles. The Balaban J connectivity index is 1.20. The molecule has 4 aromatic rings. The van der Waals surface area contributed by atoms with Crippen LogP contribution in [0.3, 0.4) is 0 Å². The number of nitrogens with zero attached hydrogens (tertiary/aromatic N) is 6. The highest BCUT2D eigenvalue weighted by molar-refractivity contribution is 6.31. The minimum Gasteiger partial charge on any atom is -0.480 e. The van der Waals surface area contributed by atoms with Crippen molar-refractivity contribution in [1.82, 2.24) is 29.4 Å². The van der Waals surface area contributed by atoms with Gasteiger partial charge in [0.2, 0.25) is 5.91 Å². The van der Waals surface area contributed by atoms with Crippen molar-refractivity contribution in [2.45, 2.75) is 31.2 Å². The smallest absolute Gasteiger partial charge is 0.326 e. The number of aromatic nitrogens is 5. The third-order valence-corrected chi connectivity index (χ3v) is 7.80. The van der Waals surface area contributed by atoms with Gasteiger partial charge in [-0.3, -0.25) is 14.2 Å². The van der Waals surface area contributed by atoms with Gasteiger partial charge in [-0.25, -0.2) is 9.78 Å². The molecule has 1 N–H and O–H groups in total. The molecule has 1 spiro atoms. The molecule has 10 heteroatoms. The molecule has 1 aromatic carbocycles. The lowest BCUT2D eigenvalue weighted by molar-refractivity contribution is -0.149. The van der Waals surface area contributed by atoms with Gasteiger partial charge < -0.3 is 10.0 Å². The van der Waals surface area contributed by atoms with E-state index in [1.807, 2.05) is 37.5 Å². The third-order valence-electron chi connectivity index (χ3n) is 7.47. The van der Waals surface area contributed by atoms with Crippen LogP contribution in [0.25, 0.3) is 22.2 Å². The standard InChI is InChI=1S/C26H25ClN6O3/c1-31-13-15(11-29-31)7-22(24(34)35)33-6-5-26(25(33)36)10-20(26)19-4-3-16(9-21(19)27)17-8-18-14-32(2)30-23(18)28-12-17/h3-4,8-9,11-14,20,22H,5-7,10H2,1-2H3,(H,34,35)/t20-,22-,26+/m1/s1/i1D3. The summed E-state index contributed by atoms with van der Waals surface area (Å²) in [4.78, 5) is 31.6. The van der Waals surface area contributed by atoms with E-state index in [9.17, 15) is 14.7 Å². The zero-order chi connectivity index (χ0) is 27.7. The van der Waals surface area contributed by atoms with Crippen molar-refractivity contribution in [1.29, 1.82) is 0 Å². The summed E-state index contributed by atoms with van der Waals surface area (Å²) < 4.78 is 24.9. The van der Waals surface area contributed by atoms with E-state index in [0.29, 0.717) is 35.6 Å². The fourth-order valence-corrected chi connectivity index (χ4v) is 5.85. The van der Waals surface area contributed by atoms with Gasteiger partial charge in [0.15, 0.2) is 5.65 Å². The quantitative estimate of drug-likeness (QED) is 0.428. The molecule has 1 saturated carbocycles. The Labute approximate surface area is 216 Å². The Bertz CT molecular complexity index is 1630. The molecule has 1 aliphatic heterocycles. The summed E-state index contributed by atoms with van der Waals surface area (Å²) in [6.45, 7) is -2.14. The van der Waals surface area contributed by atoms with Crippen LogP contribution >= 0.6 is 11.6 Å². The lowest BCUT2D eigenvalue weighted by Crippen LogP contribution is -2.44. The molecule has 0 unspecified atom stereocenters. The van der Waals surface area contributed by atoms with Crippen molar-refractivity contribution in [3.63, 3.8) is 0 Å². The van der Waals surface area contributed by atoms with E-state index >= 15 is 0 Å². The summed E-state index contributed by atoms with van der Waals surface area (Å²) in [5.74, 6) is -1.43. The fraction of sp³-hybridized carbons (Fsp3) is 0.346. The second-order valence-electron chi connectivity index (χ2n) is 9.69. The van der Waals surface area contributed by atoms with Gasteiger partial charge in [-0.2, -0.15) is 10.2 Å². The number of carboxylic acid groups (broad SMARTS) is 1. The predicted molar refractivity (Wildman–Crippen MR) is 133 cm³/mol. The number of likely N-dealkylation sites (tertiary alicyclic amines) is 1. The summed E-state index contributed by atoms with van der Waals surface area (Å²) in [6.07, 6.45) is 7.41. The number of rotatable bonds is 6. The number of hydrogen-bond donors (Lipinski definition) is 1. The van der Waals surface area contributed by atoms with Crippen molar-refractivity contribution in [3.8, 4) is 11.1 Å². The Kier molecular flexibility index (Phi) is 4.41. The zero-order valence-corrected chi connectivity index (χ0v) is 20.2. The van der Waals surface area contributed by atoms with Crippen LogP contribution in [0, 0.1) is 5.41 Å². The van der Waals surface area contributed by atoms with Crippen molar-refractivity contribution in [2.75, 3.05) is 6.54 Å². The second kappa shape index (κ2) is 8.16. The number of pyridine rings is 1. The number of carboxylic acids is 1. The maximum absolute atomic E-state index is 13.6. The van der Waals surface area contributed by atoms with Gasteiger partial charge in [0.25, 0.3) is 0 Å². The van der Waals surface area contributed by atoms with Gasteiger partial charge in [-0.1, -0.05) is 23.7 Å². The number of fused-ring (bicyclic) bond motifs is 1. The first kappa shape index (κ1) is 19.5. The summed E-state index contributed by atoms with van der Waals surface area (Å²) in [5, 5.41) is 19.5. The Morgan fingerprint density at radius 3 is 2.89 bits per heavy atom. The number of halogens is 1. The molecular formula is C26H25ClN6O3. The van der Waals surface area contributed by atoms with Gasteiger partial charge in [0, 0.05) is 71.6 Å². The first-order valence-corrected chi connectivity index (χ1v) is 12.0. The molecule has 3 atom stereocenters. The molecule has 2 aliphatic rings. The van der Waals surface area contributed by atoms with Gasteiger partial charge in [0.05, 0.1) is 11.6 Å². The van der Waals surface area contributed by atoms with Gasteiger partial charge >= 0.3 is 5.97 Å². The molecule has 1 saturated heterocycles. The maximum atomic E-state index is 13.6. The van der Waals surface area contributed by atoms with Crippen LogP contribution in [0.1, 0.15) is 34.0 Å². The van der Waals surface area contributed by atoms with Crippen molar-refractivity contribution in [3.05, 3.63) is 65.2 Å². The maximum Gasteiger partial charge on any atom is 0.326 e. The molecule has 0 radical (unpaired) electrons. The fourth-order valence-electron chi connectivity index (χ4n) is 5.54. The van der Waals surface area contributed by atoms with Crippen LogP contribution in [0.15, 0.2) is 49.1 Å². The van der Waals surface area contributed by atoms with E-state index in [-0.39, 0.29) is 18.2 Å². The number of amides is 1. The molecular weight excluding hydrogens is 480 g/mol. The molecule has 4 heterocycles. The molecule has 6 rings (SSSR count). The van der Waals surface area contributed by atoms with Crippen LogP contribution < -0.4 is 0 Å². The van der Waals surface area contributed by atoms with Crippen LogP contribution in [-0.4, -0.2) is 59.0 Å². The number of aliphatic carboxylic acids is 1. The predicted octanol–water partition coefficient (Wildman–Crippen LogP) is 3.42. The molecule has 2 fully saturated rings. The largest absolute Gasteiger partial charge is 0.480 e. The highest BCUT2D eigenvalue weighted by Gasteiger charge is 2.65. The third kappa shape index (κ3) is 3.65. The molecule has 184 valence electrons. The average molecular weight is 508 g/mol. The van der Waals surface area contributed by atoms with E-state index in [1.54, 1.807) is 10.9 Å². The van der Waals surface area contributed by atoms with Crippen LogP contribution in [0.4, 0.5) is 0 Å². The Morgan fingerprint density at radius 1 is 1.28 bits per heavy atom. The molecule has 1 amide bonds. The Hall–Kier alpha value is -3.72. The number of hydrogen-bond acceptors (Lipinski definition) is 5. The summed E-state index contributed by atoms with van der Waals surface area (Å²) in [5.41, 5.74) is 3.12. The Morgan fingerprint density at radius 2 is 2.14 bits per heavy atom. The second-order valence-corrected chi connectivity index (χ2v) is 10.1. The van der Waals surface area contributed by atoms with Crippen molar-refractivity contribution in [2.24, 2.45) is 19.4 Å². The van der Waals surface area contributed by atoms with Crippen molar-refractivity contribution >= 4 is 34.5 Å². The van der Waals surface area contributed by atoms with Gasteiger partial charge in [-0.15, -0.1) is 0 Å². The minimum atomic E-state index is -2.46. The molecule has 1 aliphatic carbocycles. The highest BCUT2D eigenvalue weighted by Crippen LogP contribution is 2.66. The summed E-state index contributed by atoms with van der Waals surface area (Å²) in [7, 11) is 1.84. The molecule has 0 bridgehead atoms. The van der Waals surface area contributed by atoms with Crippen LogP contribution in [0.2, 0.25) is 5.02 Å². The SMILES string of the molecule is [2H]C([2H])([2H])n1cc(C[C@H](C(=O)O)N2CC[C@@]3(C[C@@H]3c3ccc(-c4cnc5nn(C)cc5c4)cc3Cl)C2=O)cn1. The number of aryl methyl sites for hydroxylation is 2. The van der Waals surface area contributed by atoms with Crippen LogP contribution in [0.5, 0.6) is 0 Å². The lowest BCUT2D eigenvalue weighted by atomic mass is 9.95.